The van der Waals surface area contributed by atoms with Crippen LogP contribution in [0.25, 0.3) is 0 Å². The monoisotopic (exact) mass is 267 g/mol. The number of rotatable bonds is 3. The SMILES string of the molecule is CN=C(Br)C(=CN)Cc1cc(C#N)n[nH]1. The van der Waals surface area contributed by atoms with Crippen LogP contribution in [0.5, 0.6) is 0 Å². The fraction of sp³-hybridized carbons (Fsp3) is 0.222. The fourth-order valence-corrected chi connectivity index (χ4v) is 1.33. The summed E-state index contributed by atoms with van der Waals surface area (Å²) in [6.07, 6.45) is 2.03. The van der Waals surface area contributed by atoms with Crippen molar-refractivity contribution < 1.29 is 0 Å². The van der Waals surface area contributed by atoms with Crippen molar-refractivity contribution in [2.75, 3.05) is 7.05 Å². The Morgan fingerprint density at radius 1 is 1.87 bits per heavy atom. The Kier molecular flexibility index (Phi) is 4.06. The zero-order valence-corrected chi connectivity index (χ0v) is 9.74. The summed E-state index contributed by atoms with van der Waals surface area (Å²) < 4.78 is 0.693. The van der Waals surface area contributed by atoms with Gasteiger partial charge in [0.1, 0.15) is 10.7 Å². The van der Waals surface area contributed by atoms with Gasteiger partial charge in [0.05, 0.1) is 0 Å². The van der Waals surface area contributed by atoms with Crippen LogP contribution in [0, 0.1) is 11.3 Å². The van der Waals surface area contributed by atoms with Crippen molar-refractivity contribution in [3.8, 4) is 6.07 Å². The maximum atomic E-state index is 8.59. The largest absolute Gasteiger partial charge is 0.404 e. The van der Waals surface area contributed by atoms with Crippen LogP contribution in [-0.2, 0) is 6.42 Å². The molecule has 15 heavy (non-hydrogen) atoms. The molecule has 0 unspecified atom stereocenters. The van der Waals surface area contributed by atoms with Crippen molar-refractivity contribution >= 4 is 20.6 Å². The van der Waals surface area contributed by atoms with Crippen LogP contribution < -0.4 is 5.73 Å². The van der Waals surface area contributed by atoms with Crippen LogP contribution in [0.15, 0.2) is 22.8 Å². The highest BCUT2D eigenvalue weighted by Crippen LogP contribution is 2.11. The Bertz CT molecular complexity index is 438. The summed E-state index contributed by atoms with van der Waals surface area (Å²) >= 11 is 3.29. The molecule has 1 aromatic heterocycles. The van der Waals surface area contributed by atoms with Gasteiger partial charge in [0.2, 0.25) is 0 Å². The van der Waals surface area contributed by atoms with E-state index in [2.05, 4.69) is 31.1 Å². The van der Waals surface area contributed by atoms with E-state index in [9.17, 15) is 0 Å². The minimum absolute atomic E-state index is 0.367. The second-order valence-corrected chi connectivity index (χ2v) is 3.52. The number of allylic oxidation sites excluding steroid dienone is 1. The molecule has 1 heterocycles. The maximum absolute atomic E-state index is 8.59. The number of hydrogen-bond acceptors (Lipinski definition) is 4. The van der Waals surface area contributed by atoms with Gasteiger partial charge in [0.15, 0.2) is 5.69 Å². The van der Waals surface area contributed by atoms with E-state index < -0.39 is 0 Å². The van der Waals surface area contributed by atoms with Crippen LogP contribution in [0.1, 0.15) is 11.4 Å². The number of nitriles is 1. The van der Waals surface area contributed by atoms with Crippen molar-refractivity contribution in [3.05, 3.63) is 29.2 Å². The highest BCUT2D eigenvalue weighted by Gasteiger charge is 2.06. The molecule has 0 saturated heterocycles. The summed E-state index contributed by atoms with van der Waals surface area (Å²) in [7, 11) is 1.67. The molecule has 1 aromatic rings. The van der Waals surface area contributed by atoms with Gasteiger partial charge in [-0.1, -0.05) is 0 Å². The predicted molar refractivity (Wildman–Crippen MR) is 61.6 cm³/mol. The quantitative estimate of drug-likeness (QED) is 0.804. The number of halogens is 1. The van der Waals surface area contributed by atoms with Crippen LogP contribution in [0.3, 0.4) is 0 Å². The first-order chi connectivity index (χ1) is 7.21. The third-order valence-corrected chi connectivity index (χ3v) is 2.65. The van der Waals surface area contributed by atoms with Crippen molar-refractivity contribution in [3.63, 3.8) is 0 Å². The molecule has 0 aliphatic carbocycles. The van der Waals surface area contributed by atoms with E-state index in [0.29, 0.717) is 16.7 Å². The van der Waals surface area contributed by atoms with E-state index in [1.807, 2.05) is 6.07 Å². The number of H-pyrrole nitrogens is 1. The number of aromatic nitrogens is 2. The minimum Gasteiger partial charge on any atom is -0.404 e. The third kappa shape index (κ3) is 2.92. The van der Waals surface area contributed by atoms with Crippen LogP contribution in [0.2, 0.25) is 0 Å². The van der Waals surface area contributed by atoms with Crippen molar-refractivity contribution in [1.82, 2.24) is 10.2 Å². The number of aliphatic imine (C=N–C) groups is 1. The first-order valence-electron chi connectivity index (χ1n) is 4.19. The summed E-state index contributed by atoms with van der Waals surface area (Å²) in [5.74, 6) is 0. The zero-order chi connectivity index (χ0) is 11.3. The first-order valence-corrected chi connectivity index (χ1v) is 4.98. The molecule has 5 nitrogen and oxygen atoms in total. The topological polar surface area (TPSA) is 90.8 Å². The van der Waals surface area contributed by atoms with Crippen molar-refractivity contribution in [2.24, 2.45) is 10.7 Å². The molecule has 0 radical (unpaired) electrons. The third-order valence-electron chi connectivity index (χ3n) is 1.79. The summed E-state index contributed by atoms with van der Waals surface area (Å²) in [6.45, 7) is 0. The smallest absolute Gasteiger partial charge is 0.162 e. The molecule has 0 fully saturated rings. The van der Waals surface area contributed by atoms with Crippen LogP contribution in [0.4, 0.5) is 0 Å². The lowest BCUT2D eigenvalue weighted by molar-refractivity contribution is 0.993. The van der Waals surface area contributed by atoms with E-state index >= 15 is 0 Å². The second kappa shape index (κ2) is 5.32. The Balaban J connectivity index is 2.82. The zero-order valence-electron chi connectivity index (χ0n) is 8.16. The summed E-state index contributed by atoms with van der Waals surface area (Å²) in [4.78, 5) is 3.97. The standard InChI is InChI=1S/C9H10BrN5/c1-13-9(10)6(4-11)2-7-3-8(5-12)15-14-7/h3-4H,2,11H2,1H3,(H,14,15). The number of nitrogens with two attached hydrogens (primary N) is 1. The highest BCUT2D eigenvalue weighted by atomic mass is 79.9. The molecule has 0 aromatic carbocycles. The van der Waals surface area contributed by atoms with Crippen LogP contribution >= 0.6 is 15.9 Å². The van der Waals surface area contributed by atoms with E-state index in [1.165, 1.54) is 6.20 Å². The van der Waals surface area contributed by atoms with Gasteiger partial charge in [-0.15, -0.1) is 0 Å². The van der Waals surface area contributed by atoms with E-state index in [1.54, 1.807) is 13.1 Å². The fourth-order valence-electron chi connectivity index (χ4n) is 1.06. The molecule has 78 valence electrons. The minimum atomic E-state index is 0.367. The molecule has 0 aliphatic heterocycles. The maximum Gasteiger partial charge on any atom is 0.162 e. The Labute approximate surface area is 95.8 Å². The van der Waals surface area contributed by atoms with E-state index in [4.69, 9.17) is 11.0 Å². The molecule has 0 spiro atoms. The number of aromatic amines is 1. The lowest BCUT2D eigenvalue weighted by atomic mass is 10.1. The Morgan fingerprint density at radius 2 is 2.60 bits per heavy atom. The Hall–Kier alpha value is -1.61. The van der Waals surface area contributed by atoms with Crippen molar-refractivity contribution in [2.45, 2.75) is 6.42 Å². The summed E-state index contributed by atoms with van der Waals surface area (Å²) in [6, 6.07) is 3.63. The van der Waals surface area contributed by atoms with Gasteiger partial charge in [0.25, 0.3) is 0 Å². The molecule has 3 N–H and O–H groups in total. The van der Waals surface area contributed by atoms with E-state index in [-0.39, 0.29) is 0 Å². The Morgan fingerprint density at radius 3 is 3.07 bits per heavy atom. The molecule has 0 saturated carbocycles. The summed E-state index contributed by atoms with van der Waals surface area (Å²) in [5, 5.41) is 15.1. The normalized spacial score (nSPS) is 12.6. The second-order valence-electron chi connectivity index (χ2n) is 2.77. The molecule has 6 heteroatoms. The first kappa shape index (κ1) is 11.5. The molecular formula is C9H10BrN5. The molecule has 0 bridgehead atoms. The van der Waals surface area contributed by atoms with Crippen molar-refractivity contribution in [1.29, 1.82) is 5.26 Å². The molecular weight excluding hydrogens is 258 g/mol. The predicted octanol–water partition coefficient (Wildman–Crippen LogP) is 1.09. The van der Waals surface area contributed by atoms with Gasteiger partial charge in [-0.2, -0.15) is 10.4 Å². The number of hydrogen-bond donors (Lipinski definition) is 2. The molecule has 1 rings (SSSR count). The lowest BCUT2D eigenvalue weighted by Crippen LogP contribution is -2.02. The van der Waals surface area contributed by atoms with E-state index in [0.717, 1.165) is 11.3 Å². The summed E-state index contributed by atoms with van der Waals surface area (Å²) in [5.41, 5.74) is 7.49. The molecule has 0 amide bonds. The average Bonchev–Trinajstić information content (AvgIpc) is 2.72. The van der Waals surface area contributed by atoms with Gasteiger partial charge in [-0.3, -0.25) is 10.1 Å². The lowest BCUT2D eigenvalue weighted by Gasteiger charge is -2.01. The number of nitrogens with zero attached hydrogens (tertiary/aromatic N) is 3. The van der Waals surface area contributed by atoms with Gasteiger partial charge in [-0.05, 0) is 22.0 Å². The van der Waals surface area contributed by atoms with Gasteiger partial charge in [0, 0.05) is 30.9 Å². The molecule has 0 atom stereocenters. The van der Waals surface area contributed by atoms with Gasteiger partial charge in [-0.25, -0.2) is 0 Å². The average molecular weight is 268 g/mol. The van der Waals surface area contributed by atoms with Gasteiger partial charge >= 0.3 is 0 Å². The van der Waals surface area contributed by atoms with Crippen LogP contribution in [-0.4, -0.2) is 21.9 Å². The molecule has 0 aliphatic rings. The van der Waals surface area contributed by atoms with Gasteiger partial charge < -0.3 is 5.73 Å². The highest BCUT2D eigenvalue weighted by molar-refractivity contribution is 9.18. The number of nitrogens with one attached hydrogen (secondary N) is 1.